The van der Waals surface area contributed by atoms with Gasteiger partial charge in [-0.25, -0.2) is 8.42 Å². The van der Waals surface area contributed by atoms with E-state index in [1.54, 1.807) is 34.0 Å². The molecule has 0 amide bonds. The second kappa shape index (κ2) is 7.56. The first-order valence-corrected chi connectivity index (χ1v) is 11.6. The number of nitrogens with zero attached hydrogens (tertiary/aromatic N) is 2. The van der Waals surface area contributed by atoms with Gasteiger partial charge in [0, 0.05) is 35.3 Å². The van der Waals surface area contributed by atoms with Crippen LogP contribution >= 0.6 is 34.5 Å². The average molecular weight is 442 g/mol. The Balaban J connectivity index is 1.47. The van der Waals surface area contributed by atoms with Crippen molar-refractivity contribution in [1.29, 1.82) is 0 Å². The molecule has 0 unspecified atom stereocenters. The van der Waals surface area contributed by atoms with Crippen LogP contribution in [0.3, 0.4) is 0 Å². The van der Waals surface area contributed by atoms with Crippen LogP contribution in [0.4, 0.5) is 0 Å². The normalized spacial score (nSPS) is 16.7. The van der Waals surface area contributed by atoms with Gasteiger partial charge in [-0.15, -0.1) is 11.3 Å². The van der Waals surface area contributed by atoms with E-state index in [2.05, 4.69) is 10.2 Å². The molecule has 1 aliphatic rings. The molecule has 4 rings (SSSR count). The molecule has 1 N–H and O–H groups in total. The second-order valence-corrected chi connectivity index (χ2v) is 10.4. The lowest BCUT2D eigenvalue weighted by Crippen LogP contribution is -2.37. The van der Waals surface area contributed by atoms with E-state index in [1.807, 2.05) is 12.1 Å². The van der Waals surface area contributed by atoms with Crippen LogP contribution in [0.1, 0.15) is 24.5 Å². The predicted octanol–water partition coefficient (Wildman–Crippen LogP) is 5.01. The molecule has 142 valence electrons. The molecule has 1 aliphatic heterocycles. The molecule has 3 aromatic rings. The molecule has 0 bridgehead atoms. The number of halogens is 2. The highest BCUT2D eigenvalue weighted by molar-refractivity contribution is 7.91. The van der Waals surface area contributed by atoms with Crippen LogP contribution in [0.25, 0.3) is 11.3 Å². The highest BCUT2D eigenvalue weighted by Gasteiger charge is 2.31. The van der Waals surface area contributed by atoms with Gasteiger partial charge in [0.2, 0.25) is 0 Å². The zero-order chi connectivity index (χ0) is 19.0. The van der Waals surface area contributed by atoms with Crippen molar-refractivity contribution in [3.8, 4) is 11.3 Å². The summed E-state index contributed by atoms with van der Waals surface area (Å²) in [5.41, 5.74) is 2.59. The first kappa shape index (κ1) is 19.0. The first-order valence-electron chi connectivity index (χ1n) is 8.49. The Morgan fingerprint density at radius 1 is 1.15 bits per heavy atom. The summed E-state index contributed by atoms with van der Waals surface area (Å²) < 4.78 is 27.2. The molecule has 3 heterocycles. The van der Waals surface area contributed by atoms with Crippen molar-refractivity contribution in [2.75, 3.05) is 13.1 Å². The number of aromatic nitrogens is 2. The van der Waals surface area contributed by atoms with Gasteiger partial charge in [-0.3, -0.25) is 5.10 Å². The van der Waals surface area contributed by atoms with Gasteiger partial charge in [-0.1, -0.05) is 29.3 Å². The van der Waals surface area contributed by atoms with Crippen LogP contribution in [0.2, 0.25) is 10.0 Å². The van der Waals surface area contributed by atoms with E-state index in [0.29, 0.717) is 27.3 Å². The third-order valence-electron chi connectivity index (χ3n) is 4.79. The summed E-state index contributed by atoms with van der Waals surface area (Å²) in [6, 6.07) is 10.7. The molecule has 5 nitrogen and oxygen atoms in total. The molecule has 1 saturated heterocycles. The van der Waals surface area contributed by atoms with Gasteiger partial charge in [-0.05, 0) is 48.6 Å². The number of H-pyrrole nitrogens is 1. The molecule has 1 aromatic carbocycles. The fourth-order valence-electron chi connectivity index (χ4n) is 3.33. The summed E-state index contributed by atoms with van der Waals surface area (Å²) in [5, 5.41) is 10.4. The number of thiophene rings is 1. The Hall–Kier alpha value is -1.38. The quantitative estimate of drug-likeness (QED) is 0.618. The number of aromatic amines is 1. The molecule has 2 aromatic heterocycles. The molecule has 0 radical (unpaired) electrons. The lowest BCUT2D eigenvalue weighted by atomic mass is 9.94. The molecule has 0 aliphatic carbocycles. The van der Waals surface area contributed by atoms with E-state index < -0.39 is 10.0 Å². The van der Waals surface area contributed by atoms with Gasteiger partial charge in [0.1, 0.15) is 4.21 Å². The molecular weight excluding hydrogens is 425 g/mol. The first-order chi connectivity index (χ1) is 12.9. The van der Waals surface area contributed by atoms with Crippen LogP contribution in [-0.2, 0) is 10.0 Å². The molecule has 0 atom stereocenters. The van der Waals surface area contributed by atoms with Crippen LogP contribution in [0, 0.1) is 0 Å². The highest BCUT2D eigenvalue weighted by atomic mass is 35.5. The molecule has 1 fully saturated rings. The standard InChI is InChI=1S/C18H17Cl2N3O2S2/c19-13-3-4-14(15(20)10-13)17-11-16(21-22-17)12-5-7-23(8-6-12)27(24,25)18-2-1-9-26-18/h1-4,9-12H,5-8H2,(H,21,22). The van der Waals surface area contributed by atoms with Gasteiger partial charge in [0.15, 0.2) is 0 Å². The molecule has 9 heteroatoms. The number of benzene rings is 1. The summed E-state index contributed by atoms with van der Waals surface area (Å²) in [7, 11) is -3.38. The van der Waals surface area contributed by atoms with Crippen LogP contribution < -0.4 is 0 Å². The van der Waals surface area contributed by atoms with Crippen molar-refractivity contribution in [2.24, 2.45) is 0 Å². The molecule has 27 heavy (non-hydrogen) atoms. The second-order valence-electron chi connectivity index (χ2n) is 6.44. The Kier molecular flexibility index (Phi) is 5.31. The molecular formula is C18H17Cl2N3O2S2. The summed E-state index contributed by atoms with van der Waals surface area (Å²) in [4.78, 5) is 0. The Morgan fingerprint density at radius 3 is 2.59 bits per heavy atom. The van der Waals surface area contributed by atoms with E-state index in [1.165, 1.54) is 11.3 Å². The summed E-state index contributed by atoms with van der Waals surface area (Å²) >= 11 is 13.5. The van der Waals surface area contributed by atoms with Gasteiger partial charge in [-0.2, -0.15) is 9.40 Å². The van der Waals surface area contributed by atoms with Gasteiger partial charge < -0.3 is 0 Å². The molecule has 0 spiro atoms. The maximum absolute atomic E-state index is 12.6. The minimum absolute atomic E-state index is 0.243. The fourth-order valence-corrected chi connectivity index (χ4v) is 6.45. The Morgan fingerprint density at radius 2 is 1.93 bits per heavy atom. The van der Waals surface area contributed by atoms with Crippen molar-refractivity contribution in [3.05, 3.63) is 57.5 Å². The van der Waals surface area contributed by atoms with Crippen LogP contribution in [0.15, 0.2) is 46.0 Å². The van der Waals surface area contributed by atoms with E-state index >= 15 is 0 Å². The van der Waals surface area contributed by atoms with Gasteiger partial charge in [0.25, 0.3) is 10.0 Å². The van der Waals surface area contributed by atoms with E-state index in [-0.39, 0.29) is 5.92 Å². The topological polar surface area (TPSA) is 66.1 Å². The number of hydrogen-bond acceptors (Lipinski definition) is 4. The van der Waals surface area contributed by atoms with E-state index in [0.717, 1.165) is 29.8 Å². The summed E-state index contributed by atoms with van der Waals surface area (Å²) in [6.07, 6.45) is 1.50. The minimum Gasteiger partial charge on any atom is -0.282 e. The fraction of sp³-hybridized carbons (Fsp3) is 0.278. The SMILES string of the molecule is O=S(=O)(c1cccs1)N1CCC(c2cc(-c3ccc(Cl)cc3Cl)n[nH]2)CC1. The maximum Gasteiger partial charge on any atom is 0.252 e. The lowest BCUT2D eigenvalue weighted by Gasteiger charge is -2.30. The van der Waals surface area contributed by atoms with Crippen LogP contribution in [-0.4, -0.2) is 36.0 Å². The smallest absolute Gasteiger partial charge is 0.252 e. The largest absolute Gasteiger partial charge is 0.282 e. The van der Waals surface area contributed by atoms with Crippen LogP contribution in [0.5, 0.6) is 0 Å². The Bertz CT molecular complexity index is 1040. The number of rotatable bonds is 4. The number of nitrogens with one attached hydrogen (secondary N) is 1. The van der Waals surface area contributed by atoms with Crippen molar-refractivity contribution >= 4 is 44.6 Å². The third-order valence-corrected chi connectivity index (χ3v) is 8.61. The van der Waals surface area contributed by atoms with Crippen molar-refractivity contribution in [1.82, 2.24) is 14.5 Å². The summed E-state index contributed by atoms with van der Waals surface area (Å²) in [5.74, 6) is 0.243. The zero-order valence-electron chi connectivity index (χ0n) is 14.2. The molecule has 0 saturated carbocycles. The van der Waals surface area contributed by atoms with Crippen molar-refractivity contribution in [2.45, 2.75) is 23.0 Å². The maximum atomic E-state index is 12.6. The third kappa shape index (κ3) is 3.79. The number of hydrogen-bond donors (Lipinski definition) is 1. The predicted molar refractivity (Wildman–Crippen MR) is 109 cm³/mol. The number of piperidine rings is 1. The van der Waals surface area contributed by atoms with Crippen molar-refractivity contribution in [3.63, 3.8) is 0 Å². The zero-order valence-corrected chi connectivity index (χ0v) is 17.4. The highest BCUT2D eigenvalue weighted by Crippen LogP contribution is 2.34. The average Bonchev–Trinajstić information content (AvgIpc) is 3.34. The minimum atomic E-state index is -3.38. The monoisotopic (exact) mass is 441 g/mol. The summed E-state index contributed by atoms with van der Waals surface area (Å²) in [6.45, 7) is 1.00. The van der Waals surface area contributed by atoms with Crippen molar-refractivity contribution < 1.29 is 8.42 Å². The van der Waals surface area contributed by atoms with Gasteiger partial charge in [0.05, 0.1) is 10.7 Å². The van der Waals surface area contributed by atoms with E-state index in [9.17, 15) is 8.42 Å². The lowest BCUT2D eigenvalue weighted by molar-refractivity contribution is 0.317. The Labute approximate surface area is 172 Å². The van der Waals surface area contributed by atoms with Gasteiger partial charge >= 0.3 is 0 Å². The van der Waals surface area contributed by atoms with E-state index in [4.69, 9.17) is 23.2 Å². The number of sulfonamides is 1.